The molecule has 0 aromatic carbocycles. The fraction of sp³-hybridized carbons (Fsp3) is 0.200. The lowest BCUT2D eigenvalue weighted by molar-refractivity contribution is 0.360. The van der Waals surface area contributed by atoms with E-state index in [-0.39, 0.29) is 5.56 Å². The summed E-state index contributed by atoms with van der Waals surface area (Å²) in [6.07, 6.45) is 2.40. The quantitative estimate of drug-likeness (QED) is 0.726. The molecule has 5 heteroatoms. The fourth-order valence-electron chi connectivity index (χ4n) is 2.65. The zero-order valence-electron chi connectivity index (χ0n) is 10.7. The summed E-state index contributed by atoms with van der Waals surface area (Å²) in [5.41, 5.74) is 1.51. The van der Waals surface area contributed by atoms with Gasteiger partial charge in [-0.2, -0.15) is 0 Å². The van der Waals surface area contributed by atoms with Crippen molar-refractivity contribution in [1.82, 2.24) is 9.55 Å². The van der Waals surface area contributed by atoms with Crippen molar-refractivity contribution in [3.63, 3.8) is 0 Å². The van der Waals surface area contributed by atoms with E-state index in [9.17, 15) is 4.79 Å². The first-order chi connectivity index (χ1) is 9.84. The van der Waals surface area contributed by atoms with E-state index in [1.807, 2.05) is 29.6 Å². The average molecular weight is 284 g/mol. The van der Waals surface area contributed by atoms with Crippen LogP contribution in [0.15, 0.2) is 40.6 Å². The molecule has 4 rings (SSSR count). The van der Waals surface area contributed by atoms with Crippen molar-refractivity contribution in [2.24, 2.45) is 0 Å². The van der Waals surface area contributed by atoms with E-state index in [1.54, 1.807) is 22.1 Å². The molecule has 0 N–H and O–H groups in total. The zero-order chi connectivity index (χ0) is 13.5. The lowest BCUT2D eigenvalue weighted by Gasteiger charge is -2.11. The molecule has 3 aromatic heterocycles. The molecule has 0 fully saturated rings. The molecule has 0 atom stereocenters. The summed E-state index contributed by atoms with van der Waals surface area (Å²) < 4.78 is 7.39. The van der Waals surface area contributed by atoms with Gasteiger partial charge in [0.05, 0.1) is 24.1 Å². The minimum absolute atomic E-state index is 0.0251. The van der Waals surface area contributed by atoms with Crippen LogP contribution in [0.1, 0.15) is 10.4 Å². The van der Waals surface area contributed by atoms with Gasteiger partial charge in [-0.1, -0.05) is 6.07 Å². The number of aromatic nitrogens is 2. The van der Waals surface area contributed by atoms with Gasteiger partial charge in [0.25, 0.3) is 5.56 Å². The van der Waals surface area contributed by atoms with Crippen LogP contribution in [0.2, 0.25) is 0 Å². The Bertz CT molecular complexity index is 837. The van der Waals surface area contributed by atoms with Gasteiger partial charge in [0.15, 0.2) is 0 Å². The number of pyridine rings is 2. The number of nitrogens with zero attached hydrogens (tertiary/aromatic N) is 2. The summed E-state index contributed by atoms with van der Waals surface area (Å²) in [4.78, 5) is 18.2. The van der Waals surface area contributed by atoms with Crippen molar-refractivity contribution in [2.75, 3.05) is 6.61 Å². The van der Waals surface area contributed by atoms with E-state index < -0.39 is 0 Å². The van der Waals surface area contributed by atoms with Crippen LogP contribution in [-0.2, 0) is 13.0 Å². The largest absolute Gasteiger partial charge is 0.492 e. The van der Waals surface area contributed by atoms with E-state index in [0.717, 1.165) is 21.6 Å². The molecule has 0 unspecified atom stereocenters. The van der Waals surface area contributed by atoms with Crippen molar-refractivity contribution in [2.45, 2.75) is 13.0 Å². The predicted octanol–water partition coefficient (Wildman–Crippen LogP) is 2.44. The van der Waals surface area contributed by atoms with Crippen molar-refractivity contribution in [3.8, 4) is 5.75 Å². The Balaban J connectivity index is 2.02. The van der Waals surface area contributed by atoms with E-state index in [0.29, 0.717) is 25.2 Å². The molecule has 1 aliphatic rings. The highest BCUT2D eigenvalue weighted by Gasteiger charge is 2.22. The lowest BCUT2D eigenvalue weighted by Crippen LogP contribution is -2.24. The number of hydrogen-bond acceptors (Lipinski definition) is 4. The first-order valence-electron chi connectivity index (χ1n) is 6.50. The van der Waals surface area contributed by atoms with E-state index >= 15 is 0 Å². The predicted molar refractivity (Wildman–Crippen MR) is 78.6 cm³/mol. The van der Waals surface area contributed by atoms with Gasteiger partial charge in [-0.25, -0.2) is 4.98 Å². The number of fused-ring (bicyclic) bond motifs is 3. The topological polar surface area (TPSA) is 44.1 Å². The van der Waals surface area contributed by atoms with Crippen LogP contribution < -0.4 is 10.3 Å². The Morgan fingerprint density at radius 1 is 1.35 bits per heavy atom. The van der Waals surface area contributed by atoms with Gasteiger partial charge in [0.1, 0.15) is 11.4 Å². The van der Waals surface area contributed by atoms with Crippen LogP contribution in [0.5, 0.6) is 5.75 Å². The Kier molecular flexibility index (Phi) is 2.60. The Morgan fingerprint density at radius 3 is 3.15 bits per heavy atom. The van der Waals surface area contributed by atoms with Gasteiger partial charge in [0.2, 0.25) is 0 Å². The molecule has 0 aliphatic carbocycles. The Hall–Kier alpha value is -2.14. The molecule has 0 saturated carbocycles. The second kappa shape index (κ2) is 4.45. The van der Waals surface area contributed by atoms with Crippen LogP contribution in [0.3, 0.4) is 0 Å². The summed E-state index contributed by atoms with van der Waals surface area (Å²) in [5, 5.41) is 2.95. The first kappa shape index (κ1) is 11.7. The van der Waals surface area contributed by atoms with Crippen molar-refractivity contribution < 1.29 is 4.74 Å². The van der Waals surface area contributed by atoms with Gasteiger partial charge in [-0.15, -0.1) is 11.3 Å². The van der Waals surface area contributed by atoms with Gasteiger partial charge in [-0.05, 0) is 23.6 Å². The number of ether oxygens (including phenoxy) is 1. The molecule has 0 saturated heterocycles. The van der Waals surface area contributed by atoms with Crippen molar-refractivity contribution in [1.29, 1.82) is 0 Å². The molecule has 4 heterocycles. The maximum absolute atomic E-state index is 12.6. The highest BCUT2D eigenvalue weighted by atomic mass is 32.1. The van der Waals surface area contributed by atoms with Gasteiger partial charge < -0.3 is 4.74 Å². The van der Waals surface area contributed by atoms with Crippen LogP contribution in [-0.4, -0.2) is 16.2 Å². The molecule has 0 radical (unpaired) electrons. The molecule has 1 aliphatic heterocycles. The van der Waals surface area contributed by atoms with E-state index in [4.69, 9.17) is 4.74 Å². The molecule has 0 spiro atoms. The normalized spacial score (nSPS) is 13.4. The lowest BCUT2D eigenvalue weighted by atomic mass is 10.1. The van der Waals surface area contributed by atoms with Gasteiger partial charge >= 0.3 is 0 Å². The van der Waals surface area contributed by atoms with Crippen LogP contribution in [0.25, 0.3) is 11.0 Å². The summed E-state index contributed by atoms with van der Waals surface area (Å²) >= 11 is 1.65. The number of rotatable bonds is 2. The van der Waals surface area contributed by atoms with Crippen molar-refractivity contribution in [3.05, 3.63) is 56.6 Å². The third kappa shape index (κ3) is 1.67. The van der Waals surface area contributed by atoms with E-state index in [1.165, 1.54) is 0 Å². The third-order valence-corrected chi connectivity index (χ3v) is 4.42. The zero-order valence-corrected chi connectivity index (χ0v) is 11.5. The summed E-state index contributed by atoms with van der Waals surface area (Å²) in [5.74, 6) is 0.723. The Labute approximate surface area is 119 Å². The van der Waals surface area contributed by atoms with Crippen LogP contribution in [0.4, 0.5) is 0 Å². The minimum atomic E-state index is 0.0251. The molecule has 20 heavy (non-hydrogen) atoms. The maximum Gasteiger partial charge on any atom is 0.259 e. The van der Waals surface area contributed by atoms with Gasteiger partial charge in [0, 0.05) is 17.5 Å². The summed E-state index contributed by atoms with van der Waals surface area (Å²) in [6, 6.07) is 7.88. The standard InChI is InChI=1S/C15H12N2O2S/c18-15-12-5-7-19-13(12)11-4-1-6-16-14(11)17(15)9-10-3-2-8-20-10/h1-4,6,8H,5,7,9H2. The highest BCUT2D eigenvalue weighted by molar-refractivity contribution is 7.09. The number of thiophene rings is 1. The highest BCUT2D eigenvalue weighted by Crippen LogP contribution is 2.30. The summed E-state index contributed by atoms with van der Waals surface area (Å²) in [6.45, 7) is 1.15. The minimum Gasteiger partial charge on any atom is -0.492 e. The average Bonchev–Trinajstić information content (AvgIpc) is 3.15. The molecule has 0 amide bonds. The van der Waals surface area contributed by atoms with Gasteiger partial charge in [-0.3, -0.25) is 9.36 Å². The summed E-state index contributed by atoms with van der Waals surface area (Å²) in [7, 11) is 0. The molecule has 3 aromatic rings. The molecule has 0 bridgehead atoms. The van der Waals surface area contributed by atoms with Crippen LogP contribution >= 0.6 is 11.3 Å². The monoisotopic (exact) mass is 284 g/mol. The first-order valence-corrected chi connectivity index (χ1v) is 7.38. The molecular formula is C15H12N2O2S. The molecule has 4 nitrogen and oxygen atoms in total. The maximum atomic E-state index is 12.6. The van der Waals surface area contributed by atoms with Crippen LogP contribution in [0, 0.1) is 0 Å². The van der Waals surface area contributed by atoms with E-state index in [2.05, 4.69) is 4.98 Å². The van der Waals surface area contributed by atoms with Crippen molar-refractivity contribution >= 4 is 22.4 Å². The SMILES string of the molecule is O=c1c2c(c3cccnc3n1Cc1cccs1)OCC2. The second-order valence-electron chi connectivity index (χ2n) is 4.75. The fourth-order valence-corrected chi connectivity index (χ4v) is 3.35. The smallest absolute Gasteiger partial charge is 0.259 e. The number of hydrogen-bond donors (Lipinski definition) is 0. The Morgan fingerprint density at radius 2 is 2.30 bits per heavy atom. The molecule has 100 valence electrons. The molecular weight excluding hydrogens is 272 g/mol. The third-order valence-electron chi connectivity index (χ3n) is 3.56. The second-order valence-corrected chi connectivity index (χ2v) is 5.78.